The second kappa shape index (κ2) is 9.65. The molecular formula is C26H31N3O4. The minimum Gasteiger partial charge on any atom is -0.497 e. The predicted octanol–water partition coefficient (Wildman–Crippen LogP) is 2.61. The maximum Gasteiger partial charge on any atom is 0.246 e. The Hall–Kier alpha value is -3.35. The number of carbonyl (C=O) groups is 3. The number of methoxy groups -OCH3 is 1. The number of hydrogen-bond acceptors (Lipinski definition) is 4. The van der Waals surface area contributed by atoms with E-state index in [-0.39, 0.29) is 24.1 Å². The van der Waals surface area contributed by atoms with E-state index in [2.05, 4.69) is 10.6 Å². The Morgan fingerprint density at radius 1 is 1.12 bits per heavy atom. The van der Waals surface area contributed by atoms with Gasteiger partial charge >= 0.3 is 0 Å². The molecule has 3 amide bonds. The second-order valence-corrected chi connectivity index (χ2v) is 8.81. The summed E-state index contributed by atoms with van der Waals surface area (Å²) in [5.41, 5.74) is 0.654. The summed E-state index contributed by atoms with van der Waals surface area (Å²) in [6.45, 7) is 0.585. The maximum absolute atomic E-state index is 13.9. The molecule has 4 rings (SSSR count). The van der Waals surface area contributed by atoms with Crippen LogP contribution in [0.1, 0.15) is 42.9 Å². The van der Waals surface area contributed by atoms with Crippen molar-refractivity contribution in [3.8, 4) is 5.75 Å². The van der Waals surface area contributed by atoms with Crippen molar-refractivity contribution in [2.45, 2.75) is 43.7 Å². The lowest BCUT2D eigenvalue weighted by molar-refractivity contribution is -0.147. The molecule has 7 nitrogen and oxygen atoms in total. The van der Waals surface area contributed by atoms with Crippen molar-refractivity contribution in [3.63, 3.8) is 0 Å². The first kappa shape index (κ1) is 22.8. The van der Waals surface area contributed by atoms with Gasteiger partial charge in [0.1, 0.15) is 11.3 Å². The van der Waals surface area contributed by atoms with Crippen molar-refractivity contribution in [3.05, 3.63) is 65.7 Å². The van der Waals surface area contributed by atoms with Crippen LogP contribution in [0, 0.1) is 5.92 Å². The van der Waals surface area contributed by atoms with Gasteiger partial charge in [-0.25, -0.2) is 0 Å². The van der Waals surface area contributed by atoms with E-state index in [0.717, 1.165) is 24.0 Å². The predicted molar refractivity (Wildman–Crippen MR) is 124 cm³/mol. The fraction of sp³-hybridized carbons (Fsp3) is 0.423. The fourth-order valence-corrected chi connectivity index (χ4v) is 5.32. The summed E-state index contributed by atoms with van der Waals surface area (Å²) in [6.07, 6.45) is 2.67. The first-order chi connectivity index (χ1) is 16.0. The van der Waals surface area contributed by atoms with Crippen LogP contribution in [0.4, 0.5) is 0 Å². The molecule has 0 aromatic heterocycles. The summed E-state index contributed by atoms with van der Waals surface area (Å²) in [7, 11) is 3.20. The number of amides is 3. The zero-order valence-electron chi connectivity index (χ0n) is 19.2. The molecule has 3 atom stereocenters. The summed E-state index contributed by atoms with van der Waals surface area (Å²) in [5.74, 6) is -0.261. The highest BCUT2D eigenvalue weighted by molar-refractivity contribution is 5.95. The second-order valence-electron chi connectivity index (χ2n) is 8.81. The van der Waals surface area contributed by atoms with Crippen LogP contribution in [0.5, 0.6) is 5.75 Å². The molecule has 2 aliphatic rings. The number of nitrogens with one attached hydrogen (secondary N) is 2. The van der Waals surface area contributed by atoms with Crippen LogP contribution in [0.15, 0.2) is 54.6 Å². The monoisotopic (exact) mass is 449 g/mol. The van der Waals surface area contributed by atoms with Crippen molar-refractivity contribution in [2.75, 3.05) is 20.7 Å². The smallest absolute Gasteiger partial charge is 0.246 e. The Balaban J connectivity index is 1.79. The van der Waals surface area contributed by atoms with Crippen molar-refractivity contribution in [2.24, 2.45) is 5.92 Å². The largest absolute Gasteiger partial charge is 0.497 e. The highest BCUT2D eigenvalue weighted by atomic mass is 16.5. The molecular weight excluding hydrogens is 418 g/mol. The fourth-order valence-electron chi connectivity index (χ4n) is 5.32. The molecule has 7 heteroatoms. The van der Waals surface area contributed by atoms with Crippen LogP contribution >= 0.6 is 0 Å². The number of rotatable bonds is 5. The van der Waals surface area contributed by atoms with Crippen LogP contribution in [0.3, 0.4) is 0 Å². The quantitative estimate of drug-likeness (QED) is 0.735. The van der Waals surface area contributed by atoms with Crippen molar-refractivity contribution in [1.82, 2.24) is 15.5 Å². The molecule has 2 aliphatic heterocycles. The van der Waals surface area contributed by atoms with Crippen LogP contribution in [0.25, 0.3) is 0 Å². The van der Waals surface area contributed by atoms with Crippen LogP contribution < -0.4 is 15.4 Å². The van der Waals surface area contributed by atoms with Gasteiger partial charge in [0.05, 0.1) is 25.5 Å². The number of hydrogen-bond donors (Lipinski definition) is 2. The average Bonchev–Trinajstić information content (AvgIpc) is 3.09. The first-order valence-corrected chi connectivity index (χ1v) is 11.5. The summed E-state index contributed by atoms with van der Waals surface area (Å²) in [6, 6.07) is 16.4. The van der Waals surface area contributed by atoms with Crippen molar-refractivity contribution >= 4 is 17.7 Å². The lowest BCUT2D eigenvalue weighted by Crippen LogP contribution is -2.57. The Bertz CT molecular complexity index is 1010. The lowest BCUT2D eigenvalue weighted by Gasteiger charge is -2.39. The molecule has 1 spiro atoms. The van der Waals surface area contributed by atoms with Gasteiger partial charge in [0.15, 0.2) is 0 Å². The third-order valence-electron chi connectivity index (χ3n) is 6.91. The van der Waals surface area contributed by atoms with Crippen molar-refractivity contribution in [1.29, 1.82) is 0 Å². The molecule has 0 bridgehead atoms. The topological polar surface area (TPSA) is 87.7 Å². The molecule has 0 saturated carbocycles. The molecule has 174 valence electrons. The van der Waals surface area contributed by atoms with Gasteiger partial charge in [-0.1, -0.05) is 42.5 Å². The van der Waals surface area contributed by atoms with Gasteiger partial charge in [-0.05, 0) is 48.9 Å². The zero-order valence-corrected chi connectivity index (χ0v) is 19.2. The van der Waals surface area contributed by atoms with Gasteiger partial charge in [-0.15, -0.1) is 0 Å². The van der Waals surface area contributed by atoms with Gasteiger partial charge in [0.25, 0.3) is 0 Å². The van der Waals surface area contributed by atoms with Crippen LogP contribution in [0.2, 0.25) is 0 Å². The van der Waals surface area contributed by atoms with Crippen LogP contribution in [-0.2, 0) is 20.8 Å². The molecule has 2 heterocycles. The van der Waals surface area contributed by atoms with E-state index in [1.165, 1.54) is 0 Å². The highest BCUT2D eigenvalue weighted by Gasteiger charge is 2.59. The summed E-state index contributed by atoms with van der Waals surface area (Å²) >= 11 is 0. The van der Waals surface area contributed by atoms with E-state index in [0.29, 0.717) is 25.1 Å². The van der Waals surface area contributed by atoms with E-state index < -0.39 is 17.5 Å². The Morgan fingerprint density at radius 2 is 1.85 bits per heavy atom. The number of carbonyl (C=O) groups excluding carboxylic acids is 3. The molecule has 2 N–H and O–H groups in total. The molecule has 2 aromatic carbocycles. The Kier molecular flexibility index (Phi) is 6.67. The van der Waals surface area contributed by atoms with E-state index >= 15 is 0 Å². The number of ether oxygens (including phenoxy) is 1. The molecule has 2 saturated heterocycles. The summed E-state index contributed by atoms with van der Waals surface area (Å²) in [4.78, 5) is 42.1. The first-order valence-electron chi connectivity index (χ1n) is 11.5. The van der Waals surface area contributed by atoms with Gasteiger partial charge in [0, 0.05) is 13.6 Å². The lowest BCUT2D eigenvalue weighted by atomic mass is 9.85. The van der Waals surface area contributed by atoms with Gasteiger partial charge in [-0.2, -0.15) is 0 Å². The van der Waals surface area contributed by atoms with Gasteiger partial charge in [0.2, 0.25) is 17.7 Å². The number of benzene rings is 2. The third kappa shape index (κ3) is 4.32. The number of nitrogens with zero attached hydrogens (tertiary/aromatic N) is 1. The number of likely N-dealkylation sites (tertiary alicyclic amines) is 1. The van der Waals surface area contributed by atoms with E-state index in [9.17, 15) is 14.4 Å². The molecule has 0 aliphatic carbocycles. The molecule has 0 radical (unpaired) electrons. The summed E-state index contributed by atoms with van der Waals surface area (Å²) < 4.78 is 5.23. The minimum atomic E-state index is -1.04. The average molecular weight is 450 g/mol. The SMILES string of the molecule is CNC(=O)[C@H]1C[C@]2(CCCCNC2=O)N(C(=O)Cc2ccc(OC)cc2)[C@H]1c1ccccc1. The Morgan fingerprint density at radius 3 is 2.52 bits per heavy atom. The summed E-state index contributed by atoms with van der Waals surface area (Å²) in [5, 5.41) is 5.77. The minimum absolute atomic E-state index is 0.142. The molecule has 2 aromatic rings. The van der Waals surface area contributed by atoms with E-state index in [1.807, 2.05) is 54.6 Å². The molecule has 0 unspecified atom stereocenters. The van der Waals surface area contributed by atoms with Crippen LogP contribution in [-0.4, -0.2) is 48.9 Å². The molecule has 2 fully saturated rings. The van der Waals surface area contributed by atoms with E-state index in [1.54, 1.807) is 19.1 Å². The molecule has 33 heavy (non-hydrogen) atoms. The highest BCUT2D eigenvalue weighted by Crippen LogP contribution is 2.50. The van der Waals surface area contributed by atoms with Gasteiger partial charge < -0.3 is 20.3 Å². The van der Waals surface area contributed by atoms with Gasteiger partial charge in [-0.3, -0.25) is 14.4 Å². The Labute approximate surface area is 194 Å². The normalized spacial score (nSPS) is 24.8. The standard InChI is InChI=1S/C26H31N3O4/c1-27-24(31)21-17-26(14-6-7-15-28-25(26)32)29(23(21)19-8-4-3-5-9-19)22(30)16-18-10-12-20(33-2)13-11-18/h3-5,8-13,21,23H,6-7,14-17H2,1-2H3,(H,27,31)(H,28,32)/t21-,23-,26-/m0/s1. The van der Waals surface area contributed by atoms with Crippen molar-refractivity contribution < 1.29 is 19.1 Å². The maximum atomic E-state index is 13.9. The van der Waals surface area contributed by atoms with E-state index in [4.69, 9.17) is 4.74 Å². The zero-order chi connectivity index (χ0) is 23.4. The third-order valence-corrected chi connectivity index (χ3v) is 6.91.